The Morgan fingerprint density at radius 2 is 2.25 bits per heavy atom. The van der Waals surface area contributed by atoms with E-state index in [0.29, 0.717) is 17.9 Å². The van der Waals surface area contributed by atoms with Crippen LogP contribution in [-0.4, -0.2) is 30.4 Å². The maximum atomic E-state index is 9.60. The van der Waals surface area contributed by atoms with E-state index in [4.69, 9.17) is 4.74 Å². The summed E-state index contributed by atoms with van der Waals surface area (Å²) in [6.07, 6.45) is 2.25. The van der Waals surface area contributed by atoms with Crippen LogP contribution in [0.3, 0.4) is 0 Å². The lowest BCUT2D eigenvalue weighted by molar-refractivity contribution is 0.113. The Hall–Kier alpha value is -1.06. The molecule has 2 atom stereocenters. The summed E-state index contributed by atoms with van der Waals surface area (Å²) < 4.78 is 5.48. The van der Waals surface area contributed by atoms with E-state index >= 15 is 0 Å². The summed E-state index contributed by atoms with van der Waals surface area (Å²) in [5, 5.41) is 13.1. The lowest BCUT2D eigenvalue weighted by Crippen LogP contribution is -2.35. The Morgan fingerprint density at radius 1 is 1.44 bits per heavy atom. The number of nitrogens with one attached hydrogen (secondary N) is 1. The number of phenolic OH excluding ortho intramolecular Hbond substituents is 1. The zero-order chi connectivity index (χ0) is 11.4. The minimum absolute atomic E-state index is 0.310. The number of ether oxygens (including phenoxy) is 1. The second-order valence-electron chi connectivity index (χ2n) is 4.30. The smallest absolute Gasteiger partial charge is 0.118 e. The van der Waals surface area contributed by atoms with Gasteiger partial charge in [-0.2, -0.15) is 0 Å². The Kier molecular flexibility index (Phi) is 3.80. The van der Waals surface area contributed by atoms with Crippen molar-refractivity contribution >= 4 is 0 Å². The highest BCUT2D eigenvalue weighted by Gasteiger charge is 2.22. The molecule has 1 fully saturated rings. The van der Waals surface area contributed by atoms with Crippen molar-refractivity contribution in [3.63, 3.8) is 0 Å². The third kappa shape index (κ3) is 2.74. The lowest BCUT2D eigenvalue weighted by atomic mass is 10.1. The Balaban J connectivity index is 1.78. The maximum Gasteiger partial charge on any atom is 0.118 e. The first-order chi connectivity index (χ1) is 7.77. The fourth-order valence-corrected chi connectivity index (χ4v) is 2.11. The number of rotatable bonds is 4. The highest BCUT2D eigenvalue weighted by atomic mass is 16.5. The normalized spacial score (nSPS) is 24.8. The minimum Gasteiger partial charge on any atom is -0.508 e. The van der Waals surface area contributed by atoms with Gasteiger partial charge in [-0.15, -0.1) is 0 Å². The molecule has 3 nitrogen and oxygen atoms in total. The molecule has 88 valence electrons. The predicted molar refractivity (Wildman–Crippen MR) is 63.6 cm³/mol. The molecule has 1 heterocycles. The fraction of sp³-hybridized carbons (Fsp3) is 0.538. The summed E-state index contributed by atoms with van der Waals surface area (Å²) in [7, 11) is 0. The van der Waals surface area contributed by atoms with Gasteiger partial charge in [0.05, 0.1) is 6.10 Å². The molecule has 0 spiro atoms. The van der Waals surface area contributed by atoms with Gasteiger partial charge in [0.25, 0.3) is 0 Å². The van der Waals surface area contributed by atoms with Crippen LogP contribution in [0.25, 0.3) is 0 Å². The summed E-state index contributed by atoms with van der Waals surface area (Å²) in [5.41, 5.74) is 1.00. The predicted octanol–water partition coefficient (Wildman–Crippen LogP) is 1.70. The van der Waals surface area contributed by atoms with E-state index in [2.05, 4.69) is 12.2 Å². The second-order valence-corrected chi connectivity index (χ2v) is 4.30. The fourth-order valence-electron chi connectivity index (χ4n) is 2.11. The van der Waals surface area contributed by atoms with Gasteiger partial charge in [-0.05, 0) is 37.9 Å². The van der Waals surface area contributed by atoms with Crippen LogP contribution in [0.2, 0.25) is 0 Å². The van der Waals surface area contributed by atoms with Crippen molar-refractivity contribution in [2.24, 2.45) is 0 Å². The van der Waals surface area contributed by atoms with E-state index in [1.54, 1.807) is 6.07 Å². The topological polar surface area (TPSA) is 41.5 Å². The van der Waals surface area contributed by atoms with Gasteiger partial charge in [0.1, 0.15) is 5.75 Å². The molecule has 2 rings (SSSR count). The molecule has 16 heavy (non-hydrogen) atoms. The molecule has 2 unspecified atom stereocenters. The molecule has 0 saturated carbocycles. The lowest BCUT2D eigenvalue weighted by Gasteiger charge is -2.16. The Labute approximate surface area is 96.4 Å². The van der Waals surface area contributed by atoms with Crippen molar-refractivity contribution in [2.45, 2.75) is 31.9 Å². The average Bonchev–Trinajstić information content (AvgIpc) is 2.67. The minimum atomic E-state index is 0.310. The third-order valence-corrected chi connectivity index (χ3v) is 3.17. The Morgan fingerprint density at radius 3 is 2.94 bits per heavy atom. The van der Waals surface area contributed by atoms with Gasteiger partial charge >= 0.3 is 0 Å². The highest BCUT2D eigenvalue weighted by Crippen LogP contribution is 2.16. The van der Waals surface area contributed by atoms with Crippen molar-refractivity contribution in [1.29, 1.82) is 0 Å². The van der Waals surface area contributed by atoms with E-state index in [1.165, 1.54) is 0 Å². The van der Waals surface area contributed by atoms with Gasteiger partial charge in [-0.25, -0.2) is 0 Å². The summed E-state index contributed by atoms with van der Waals surface area (Å²) >= 11 is 0. The van der Waals surface area contributed by atoms with E-state index in [9.17, 15) is 5.11 Å². The molecule has 1 aromatic rings. The first-order valence-corrected chi connectivity index (χ1v) is 5.89. The molecule has 0 amide bonds. The van der Waals surface area contributed by atoms with Crippen LogP contribution in [0.4, 0.5) is 0 Å². The second kappa shape index (κ2) is 5.32. The number of benzene rings is 1. The first kappa shape index (κ1) is 11.4. The maximum absolute atomic E-state index is 9.60. The van der Waals surface area contributed by atoms with Crippen LogP contribution in [0, 0.1) is 0 Å². The monoisotopic (exact) mass is 221 g/mol. The van der Waals surface area contributed by atoms with Crippen molar-refractivity contribution in [2.75, 3.05) is 13.2 Å². The Bertz CT molecular complexity index is 340. The SMILES string of the molecule is CC1OCCC1NCCc1ccccc1O. The zero-order valence-corrected chi connectivity index (χ0v) is 9.65. The average molecular weight is 221 g/mol. The molecule has 1 aliphatic rings. The van der Waals surface area contributed by atoms with Crippen LogP contribution >= 0.6 is 0 Å². The van der Waals surface area contributed by atoms with Crippen molar-refractivity contribution in [1.82, 2.24) is 5.32 Å². The molecule has 0 bridgehead atoms. The number of phenols is 1. The van der Waals surface area contributed by atoms with Gasteiger partial charge in [0, 0.05) is 12.6 Å². The molecular formula is C13H19NO2. The van der Waals surface area contributed by atoms with Crippen LogP contribution < -0.4 is 5.32 Å². The first-order valence-electron chi connectivity index (χ1n) is 5.89. The van der Waals surface area contributed by atoms with Gasteiger partial charge in [0.15, 0.2) is 0 Å². The van der Waals surface area contributed by atoms with Crippen molar-refractivity contribution < 1.29 is 9.84 Å². The molecule has 1 aromatic carbocycles. The number of hydrogen-bond acceptors (Lipinski definition) is 3. The van der Waals surface area contributed by atoms with Crippen molar-refractivity contribution in [3.05, 3.63) is 29.8 Å². The molecular weight excluding hydrogens is 202 g/mol. The number of hydrogen-bond donors (Lipinski definition) is 2. The number of para-hydroxylation sites is 1. The van der Waals surface area contributed by atoms with Crippen molar-refractivity contribution in [3.8, 4) is 5.75 Å². The highest BCUT2D eigenvalue weighted by molar-refractivity contribution is 5.31. The largest absolute Gasteiger partial charge is 0.508 e. The molecule has 0 aliphatic carbocycles. The van der Waals surface area contributed by atoms with Crippen LogP contribution in [0.1, 0.15) is 18.9 Å². The molecule has 0 radical (unpaired) electrons. The van der Waals surface area contributed by atoms with Crippen LogP contribution in [0.5, 0.6) is 5.75 Å². The zero-order valence-electron chi connectivity index (χ0n) is 9.65. The molecule has 2 N–H and O–H groups in total. The van der Waals surface area contributed by atoms with E-state index < -0.39 is 0 Å². The van der Waals surface area contributed by atoms with Crippen LogP contribution in [0.15, 0.2) is 24.3 Å². The van der Waals surface area contributed by atoms with E-state index in [0.717, 1.165) is 31.6 Å². The third-order valence-electron chi connectivity index (χ3n) is 3.17. The van der Waals surface area contributed by atoms with E-state index in [1.807, 2.05) is 18.2 Å². The van der Waals surface area contributed by atoms with E-state index in [-0.39, 0.29) is 0 Å². The van der Waals surface area contributed by atoms with Gasteiger partial charge in [-0.1, -0.05) is 18.2 Å². The summed E-state index contributed by atoms with van der Waals surface area (Å²) in [6.45, 7) is 3.84. The molecule has 0 aromatic heterocycles. The van der Waals surface area contributed by atoms with Crippen LogP contribution in [-0.2, 0) is 11.2 Å². The molecule has 1 saturated heterocycles. The quantitative estimate of drug-likeness (QED) is 0.813. The molecule has 3 heteroatoms. The molecule has 1 aliphatic heterocycles. The van der Waals surface area contributed by atoms with Gasteiger partial charge < -0.3 is 15.2 Å². The number of aromatic hydroxyl groups is 1. The summed E-state index contributed by atoms with van der Waals surface area (Å²) in [5.74, 6) is 0.389. The summed E-state index contributed by atoms with van der Waals surface area (Å²) in [6, 6.07) is 7.96. The van der Waals surface area contributed by atoms with Gasteiger partial charge in [0.2, 0.25) is 0 Å². The van der Waals surface area contributed by atoms with Gasteiger partial charge in [-0.3, -0.25) is 0 Å². The summed E-state index contributed by atoms with van der Waals surface area (Å²) in [4.78, 5) is 0. The standard InChI is InChI=1S/C13H19NO2/c1-10-12(7-9-16-10)14-8-6-11-4-2-3-5-13(11)15/h2-5,10,12,14-15H,6-9H2,1H3.